The van der Waals surface area contributed by atoms with E-state index in [1.165, 1.54) is 0 Å². The van der Waals surface area contributed by atoms with E-state index in [9.17, 15) is 88.2 Å². The van der Waals surface area contributed by atoms with Crippen LogP contribution in [0.5, 0.6) is 0 Å². The van der Waals surface area contributed by atoms with Gasteiger partial charge in [-0.1, -0.05) is 0 Å². The Balaban J connectivity index is 6.87. The van der Waals surface area contributed by atoms with Crippen molar-refractivity contribution >= 4 is 5.78 Å². The zero-order valence-corrected chi connectivity index (χ0v) is 16.0. The fourth-order valence-electron chi connectivity index (χ4n) is 2.17. The molecular formula is C14H9F19O2. The SMILES string of the molecule is CC(=O)C(CO)CC(F)(F)C(F)(F)C(F)(F)C(F)(F)C(F)(F)C(F)(F)C(F)(F)C(F)(F)C(F)(F)F. The molecule has 0 aromatic carbocycles. The largest absolute Gasteiger partial charge is 0.460 e. The summed E-state index contributed by atoms with van der Waals surface area (Å²) in [6.07, 6.45) is -11.0. The van der Waals surface area contributed by atoms with Crippen LogP contribution in [-0.4, -0.2) is 71.1 Å². The van der Waals surface area contributed by atoms with Crippen LogP contribution in [0.2, 0.25) is 0 Å². The number of carbonyl (C=O) groups excluding carboxylic acids is 1. The van der Waals surface area contributed by atoms with Crippen molar-refractivity contribution in [3.8, 4) is 0 Å². The summed E-state index contributed by atoms with van der Waals surface area (Å²) in [7, 11) is 0. The number of aliphatic hydroxyl groups is 1. The van der Waals surface area contributed by atoms with Gasteiger partial charge in [0.2, 0.25) is 0 Å². The van der Waals surface area contributed by atoms with Gasteiger partial charge in [-0.2, -0.15) is 83.4 Å². The van der Waals surface area contributed by atoms with Gasteiger partial charge in [0.15, 0.2) is 0 Å². The van der Waals surface area contributed by atoms with Crippen LogP contribution >= 0.6 is 0 Å². The Labute approximate surface area is 180 Å². The van der Waals surface area contributed by atoms with Gasteiger partial charge in [0.05, 0.1) is 6.61 Å². The molecule has 0 rings (SSSR count). The first-order chi connectivity index (χ1) is 14.9. The Bertz CT molecular complexity index is 781. The van der Waals surface area contributed by atoms with Crippen LogP contribution in [0.15, 0.2) is 0 Å². The maximum Gasteiger partial charge on any atom is 0.460 e. The van der Waals surface area contributed by atoms with Gasteiger partial charge >= 0.3 is 53.6 Å². The lowest BCUT2D eigenvalue weighted by molar-refractivity contribution is -0.469. The van der Waals surface area contributed by atoms with E-state index < -0.39 is 78.3 Å². The molecule has 0 radical (unpaired) electrons. The standard InChI is InChI=1S/C14H9F19O2/c1-4(35)5(3-34)2-6(15,16)7(17,18)8(19,20)9(21,22)10(23,24)11(25,26)12(27,28)13(29,30)14(31,32)33/h5,34H,2-3H2,1H3. The second kappa shape index (κ2) is 8.70. The molecular weight excluding hydrogens is 561 g/mol. The molecule has 2 nitrogen and oxygen atoms in total. The van der Waals surface area contributed by atoms with E-state index in [1.807, 2.05) is 0 Å². The van der Waals surface area contributed by atoms with Gasteiger partial charge in [0, 0.05) is 12.3 Å². The van der Waals surface area contributed by atoms with E-state index in [0.29, 0.717) is 0 Å². The molecule has 0 aromatic heterocycles. The molecule has 0 amide bonds. The number of alkyl halides is 19. The number of Topliss-reactive ketones (excluding diaryl/α,β-unsaturated/α-hetero) is 1. The highest BCUT2D eigenvalue weighted by molar-refractivity contribution is 5.78. The van der Waals surface area contributed by atoms with E-state index in [-0.39, 0.29) is 6.92 Å². The zero-order chi connectivity index (χ0) is 29.1. The quantitative estimate of drug-likeness (QED) is 0.300. The average molecular weight is 570 g/mol. The minimum atomic E-state index is -8.99. The smallest absolute Gasteiger partial charge is 0.396 e. The molecule has 210 valence electrons. The minimum Gasteiger partial charge on any atom is -0.396 e. The van der Waals surface area contributed by atoms with Crippen LogP contribution in [-0.2, 0) is 4.79 Å². The Hall–Kier alpha value is -1.70. The number of aliphatic hydroxyl groups excluding tert-OH is 1. The van der Waals surface area contributed by atoms with Gasteiger partial charge in [-0.05, 0) is 6.92 Å². The van der Waals surface area contributed by atoms with Gasteiger partial charge in [0.25, 0.3) is 0 Å². The van der Waals surface area contributed by atoms with Crippen molar-refractivity contribution in [2.75, 3.05) is 6.61 Å². The number of carbonyl (C=O) groups is 1. The molecule has 0 spiro atoms. The number of hydrogen-bond donors (Lipinski definition) is 1. The highest BCUT2D eigenvalue weighted by Crippen LogP contribution is 2.65. The van der Waals surface area contributed by atoms with Crippen molar-refractivity contribution in [1.82, 2.24) is 0 Å². The van der Waals surface area contributed by atoms with E-state index in [4.69, 9.17) is 5.11 Å². The van der Waals surface area contributed by atoms with Gasteiger partial charge in [-0.15, -0.1) is 0 Å². The molecule has 1 N–H and O–H groups in total. The summed E-state index contributed by atoms with van der Waals surface area (Å²) in [6.45, 7) is -1.64. The highest BCUT2D eigenvalue weighted by Gasteiger charge is 2.96. The molecule has 0 aliphatic rings. The van der Waals surface area contributed by atoms with Crippen LogP contribution in [0.25, 0.3) is 0 Å². The third-order valence-electron chi connectivity index (χ3n) is 4.48. The molecule has 0 bridgehead atoms. The average Bonchev–Trinajstić information content (AvgIpc) is 2.63. The molecule has 21 heteroatoms. The lowest BCUT2D eigenvalue weighted by Gasteiger charge is -2.44. The predicted molar refractivity (Wildman–Crippen MR) is 71.5 cm³/mol. The number of rotatable bonds is 11. The summed E-state index contributed by atoms with van der Waals surface area (Å²) >= 11 is 0. The molecule has 1 unspecified atom stereocenters. The van der Waals surface area contributed by atoms with Gasteiger partial charge < -0.3 is 5.11 Å². The van der Waals surface area contributed by atoms with E-state index in [1.54, 1.807) is 0 Å². The van der Waals surface area contributed by atoms with Crippen LogP contribution in [0, 0.1) is 5.92 Å². The maximum atomic E-state index is 13.6. The second-order valence-corrected chi connectivity index (χ2v) is 6.92. The first-order valence-corrected chi connectivity index (χ1v) is 8.07. The molecule has 1 atom stereocenters. The van der Waals surface area contributed by atoms with Gasteiger partial charge in [-0.25, -0.2) is 0 Å². The molecule has 0 heterocycles. The van der Waals surface area contributed by atoms with Gasteiger partial charge in [-0.3, -0.25) is 4.79 Å². The Morgan fingerprint density at radius 1 is 0.543 bits per heavy atom. The summed E-state index contributed by atoms with van der Waals surface area (Å²) in [5.41, 5.74) is 0. The van der Waals surface area contributed by atoms with E-state index in [0.717, 1.165) is 0 Å². The van der Waals surface area contributed by atoms with Crippen LogP contribution in [0.4, 0.5) is 83.4 Å². The Morgan fingerprint density at radius 3 is 1.03 bits per heavy atom. The zero-order valence-electron chi connectivity index (χ0n) is 16.0. The van der Waals surface area contributed by atoms with Crippen molar-refractivity contribution in [2.45, 2.75) is 66.9 Å². The highest BCUT2D eigenvalue weighted by atomic mass is 19.4. The summed E-state index contributed by atoms with van der Waals surface area (Å²) in [6, 6.07) is 0. The number of hydrogen-bond acceptors (Lipinski definition) is 2. The van der Waals surface area contributed by atoms with E-state index in [2.05, 4.69) is 0 Å². The summed E-state index contributed by atoms with van der Waals surface area (Å²) in [5.74, 6) is -71.8. The molecule has 0 saturated carbocycles. The first kappa shape index (κ1) is 33.3. The van der Waals surface area contributed by atoms with Crippen molar-refractivity contribution in [2.24, 2.45) is 5.92 Å². The molecule has 0 aromatic rings. The number of halogens is 19. The fraction of sp³-hybridized carbons (Fsp3) is 0.929. The fourth-order valence-corrected chi connectivity index (χ4v) is 2.17. The van der Waals surface area contributed by atoms with Crippen molar-refractivity contribution in [1.29, 1.82) is 0 Å². The van der Waals surface area contributed by atoms with Gasteiger partial charge in [0.1, 0.15) is 5.78 Å². The summed E-state index contributed by atoms with van der Waals surface area (Å²) < 4.78 is 249. The van der Waals surface area contributed by atoms with Crippen molar-refractivity contribution in [3.05, 3.63) is 0 Å². The van der Waals surface area contributed by atoms with Crippen molar-refractivity contribution < 1.29 is 93.3 Å². The Morgan fingerprint density at radius 2 is 0.800 bits per heavy atom. The van der Waals surface area contributed by atoms with E-state index >= 15 is 0 Å². The van der Waals surface area contributed by atoms with Crippen molar-refractivity contribution in [3.63, 3.8) is 0 Å². The van der Waals surface area contributed by atoms with Crippen LogP contribution in [0.3, 0.4) is 0 Å². The Kier molecular flexibility index (Phi) is 8.28. The second-order valence-electron chi connectivity index (χ2n) is 6.92. The normalized spacial score (nSPS) is 16.9. The third kappa shape index (κ3) is 4.49. The molecule has 0 saturated heterocycles. The molecule has 0 aliphatic heterocycles. The lowest BCUT2D eigenvalue weighted by Crippen LogP contribution is -2.75. The van der Waals surface area contributed by atoms with Crippen LogP contribution in [0.1, 0.15) is 13.3 Å². The topological polar surface area (TPSA) is 37.3 Å². The lowest BCUT2D eigenvalue weighted by atomic mass is 9.85. The first-order valence-electron chi connectivity index (χ1n) is 8.07. The van der Waals surface area contributed by atoms with Crippen LogP contribution < -0.4 is 0 Å². The maximum absolute atomic E-state index is 13.6. The monoisotopic (exact) mass is 570 g/mol. The molecule has 0 aliphatic carbocycles. The summed E-state index contributed by atoms with van der Waals surface area (Å²) in [5, 5.41) is 8.56. The third-order valence-corrected chi connectivity index (χ3v) is 4.48. The predicted octanol–water partition coefficient (Wildman–Crippen LogP) is 6.22. The molecule has 0 fully saturated rings. The summed E-state index contributed by atoms with van der Waals surface area (Å²) in [4.78, 5) is 10.9. The number of ketones is 1. The molecule has 35 heavy (non-hydrogen) atoms. The minimum absolute atomic E-state index is 0.236.